The highest BCUT2D eigenvalue weighted by Gasteiger charge is 2.12. The van der Waals surface area contributed by atoms with E-state index in [0.29, 0.717) is 5.89 Å². The summed E-state index contributed by atoms with van der Waals surface area (Å²) in [6, 6.07) is 12.1. The maximum Gasteiger partial charge on any atom is 0.226 e. The molecule has 1 aromatic carbocycles. The molecular formula is C16H14N2O. The molecule has 0 N–H and O–H groups in total. The van der Waals surface area contributed by atoms with Crippen LogP contribution >= 0.6 is 0 Å². The Hall–Kier alpha value is -2.42. The van der Waals surface area contributed by atoms with Crippen molar-refractivity contribution in [2.75, 3.05) is 0 Å². The van der Waals surface area contributed by atoms with Crippen molar-refractivity contribution in [2.45, 2.75) is 13.8 Å². The van der Waals surface area contributed by atoms with Crippen molar-refractivity contribution in [3.05, 3.63) is 60.1 Å². The highest BCUT2D eigenvalue weighted by molar-refractivity contribution is 5.65. The van der Waals surface area contributed by atoms with E-state index >= 15 is 0 Å². The van der Waals surface area contributed by atoms with Gasteiger partial charge >= 0.3 is 0 Å². The molecule has 0 spiro atoms. The molecule has 19 heavy (non-hydrogen) atoms. The predicted molar refractivity (Wildman–Crippen MR) is 74.6 cm³/mol. The number of hydrogen-bond acceptors (Lipinski definition) is 3. The SMILES string of the molecule is Cc1cccc(-c2nc(-c3ccncc3)oc2C)c1. The number of aromatic nitrogens is 2. The van der Waals surface area contributed by atoms with Crippen molar-refractivity contribution >= 4 is 0 Å². The van der Waals surface area contributed by atoms with Crippen LogP contribution in [0.25, 0.3) is 22.7 Å². The van der Waals surface area contributed by atoms with Crippen LogP contribution < -0.4 is 0 Å². The molecule has 0 unspecified atom stereocenters. The number of hydrogen-bond donors (Lipinski definition) is 0. The van der Waals surface area contributed by atoms with Crippen molar-refractivity contribution in [1.82, 2.24) is 9.97 Å². The predicted octanol–water partition coefficient (Wildman–Crippen LogP) is 4.02. The molecule has 2 heterocycles. The van der Waals surface area contributed by atoms with Crippen molar-refractivity contribution in [2.24, 2.45) is 0 Å². The number of aryl methyl sites for hydroxylation is 2. The summed E-state index contributed by atoms with van der Waals surface area (Å²) in [6.45, 7) is 4.01. The van der Waals surface area contributed by atoms with Crippen molar-refractivity contribution in [3.8, 4) is 22.7 Å². The Morgan fingerprint density at radius 2 is 1.74 bits per heavy atom. The van der Waals surface area contributed by atoms with Gasteiger partial charge in [0.15, 0.2) is 0 Å². The van der Waals surface area contributed by atoms with Crippen molar-refractivity contribution in [3.63, 3.8) is 0 Å². The molecule has 0 fully saturated rings. The largest absolute Gasteiger partial charge is 0.441 e. The lowest BCUT2D eigenvalue weighted by atomic mass is 10.1. The van der Waals surface area contributed by atoms with Crippen molar-refractivity contribution in [1.29, 1.82) is 0 Å². The van der Waals surface area contributed by atoms with Crippen LogP contribution in [0.2, 0.25) is 0 Å². The summed E-state index contributed by atoms with van der Waals surface area (Å²) in [5.74, 6) is 1.47. The maximum absolute atomic E-state index is 5.76. The minimum atomic E-state index is 0.636. The molecule has 3 rings (SSSR count). The van der Waals surface area contributed by atoms with E-state index in [1.54, 1.807) is 12.4 Å². The molecule has 0 amide bonds. The summed E-state index contributed by atoms with van der Waals surface area (Å²) in [4.78, 5) is 8.60. The zero-order valence-electron chi connectivity index (χ0n) is 10.9. The van der Waals surface area contributed by atoms with Crippen LogP contribution in [-0.4, -0.2) is 9.97 Å². The standard InChI is InChI=1S/C16H14N2O/c1-11-4-3-5-14(10-11)15-12(2)19-16(18-15)13-6-8-17-9-7-13/h3-10H,1-2H3. The van der Waals surface area contributed by atoms with E-state index in [0.717, 1.165) is 22.6 Å². The van der Waals surface area contributed by atoms with Gasteiger partial charge in [0.05, 0.1) is 0 Å². The van der Waals surface area contributed by atoms with E-state index in [2.05, 4.69) is 29.0 Å². The smallest absolute Gasteiger partial charge is 0.226 e. The topological polar surface area (TPSA) is 38.9 Å². The van der Waals surface area contributed by atoms with E-state index in [9.17, 15) is 0 Å². The Bertz CT molecular complexity index is 702. The molecule has 0 aliphatic rings. The van der Waals surface area contributed by atoms with Crippen LogP contribution in [0.3, 0.4) is 0 Å². The normalized spacial score (nSPS) is 10.6. The van der Waals surface area contributed by atoms with Gasteiger partial charge in [0.25, 0.3) is 0 Å². The fraction of sp³-hybridized carbons (Fsp3) is 0.125. The van der Waals surface area contributed by atoms with Crippen molar-refractivity contribution < 1.29 is 4.42 Å². The van der Waals surface area contributed by atoms with Crippen LogP contribution in [0.4, 0.5) is 0 Å². The molecule has 0 aliphatic carbocycles. The summed E-state index contributed by atoms with van der Waals surface area (Å²) >= 11 is 0. The Morgan fingerprint density at radius 3 is 2.47 bits per heavy atom. The number of nitrogens with zero attached hydrogens (tertiary/aromatic N) is 2. The van der Waals surface area contributed by atoms with Gasteiger partial charge in [-0.05, 0) is 32.0 Å². The monoisotopic (exact) mass is 250 g/mol. The van der Waals surface area contributed by atoms with Gasteiger partial charge in [-0.25, -0.2) is 4.98 Å². The van der Waals surface area contributed by atoms with Gasteiger partial charge < -0.3 is 4.42 Å². The molecule has 94 valence electrons. The first-order valence-corrected chi connectivity index (χ1v) is 6.19. The van der Waals surface area contributed by atoms with Gasteiger partial charge in [0.1, 0.15) is 11.5 Å². The molecule has 3 heteroatoms. The summed E-state index contributed by atoms with van der Waals surface area (Å²) < 4.78 is 5.76. The van der Waals surface area contributed by atoms with E-state index < -0.39 is 0 Å². The molecule has 0 saturated carbocycles. The summed E-state index contributed by atoms with van der Waals surface area (Å²) in [7, 11) is 0. The van der Waals surface area contributed by atoms with Gasteiger partial charge in [-0.2, -0.15) is 0 Å². The van der Waals surface area contributed by atoms with Crippen LogP contribution in [0, 0.1) is 13.8 Å². The first-order valence-electron chi connectivity index (χ1n) is 6.19. The van der Waals surface area contributed by atoms with E-state index in [1.165, 1.54) is 5.56 Å². The second-order valence-corrected chi connectivity index (χ2v) is 4.53. The quantitative estimate of drug-likeness (QED) is 0.689. The Balaban J connectivity index is 2.08. The lowest BCUT2D eigenvalue weighted by molar-refractivity contribution is 0.543. The average molecular weight is 250 g/mol. The number of rotatable bonds is 2. The number of benzene rings is 1. The highest BCUT2D eigenvalue weighted by Crippen LogP contribution is 2.28. The third-order valence-corrected chi connectivity index (χ3v) is 3.02. The lowest BCUT2D eigenvalue weighted by Crippen LogP contribution is -1.82. The van der Waals surface area contributed by atoms with Gasteiger partial charge in [-0.3, -0.25) is 4.98 Å². The van der Waals surface area contributed by atoms with Crippen LogP contribution in [-0.2, 0) is 0 Å². The molecule has 3 aromatic rings. The third kappa shape index (κ3) is 2.27. The number of pyridine rings is 1. The second kappa shape index (κ2) is 4.69. The first kappa shape index (κ1) is 11.7. The average Bonchev–Trinajstić information content (AvgIpc) is 2.82. The minimum absolute atomic E-state index is 0.636. The summed E-state index contributed by atoms with van der Waals surface area (Å²) in [5.41, 5.74) is 4.14. The van der Waals surface area contributed by atoms with Gasteiger partial charge in [0.2, 0.25) is 5.89 Å². The molecule has 0 radical (unpaired) electrons. The van der Waals surface area contributed by atoms with Crippen LogP contribution in [0.15, 0.2) is 53.2 Å². The molecule has 0 atom stereocenters. The van der Waals surface area contributed by atoms with Gasteiger partial charge in [-0.15, -0.1) is 0 Å². The molecule has 0 aliphatic heterocycles. The zero-order chi connectivity index (χ0) is 13.2. The Morgan fingerprint density at radius 1 is 0.947 bits per heavy atom. The first-order chi connectivity index (χ1) is 9.24. The molecular weight excluding hydrogens is 236 g/mol. The fourth-order valence-corrected chi connectivity index (χ4v) is 2.07. The fourth-order valence-electron chi connectivity index (χ4n) is 2.07. The Kier molecular flexibility index (Phi) is 2.88. The maximum atomic E-state index is 5.76. The second-order valence-electron chi connectivity index (χ2n) is 4.53. The van der Waals surface area contributed by atoms with E-state index in [1.807, 2.05) is 31.2 Å². The van der Waals surface area contributed by atoms with Crippen LogP contribution in [0.1, 0.15) is 11.3 Å². The highest BCUT2D eigenvalue weighted by atomic mass is 16.4. The lowest BCUT2D eigenvalue weighted by Gasteiger charge is -1.98. The molecule has 0 saturated heterocycles. The van der Waals surface area contributed by atoms with E-state index in [-0.39, 0.29) is 0 Å². The summed E-state index contributed by atoms with van der Waals surface area (Å²) in [5, 5.41) is 0. The van der Waals surface area contributed by atoms with Gasteiger partial charge in [-0.1, -0.05) is 23.8 Å². The molecule has 0 bridgehead atoms. The molecule has 2 aromatic heterocycles. The zero-order valence-corrected chi connectivity index (χ0v) is 10.9. The summed E-state index contributed by atoms with van der Waals surface area (Å²) in [6.07, 6.45) is 3.47. The minimum Gasteiger partial charge on any atom is -0.441 e. The molecule has 3 nitrogen and oxygen atoms in total. The van der Waals surface area contributed by atoms with Crippen LogP contribution in [0.5, 0.6) is 0 Å². The third-order valence-electron chi connectivity index (χ3n) is 3.02. The van der Waals surface area contributed by atoms with Gasteiger partial charge in [0, 0.05) is 23.5 Å². The van der Waals surface area contributed by atoms with E-state index in [4.69, 9.17) is 4.42 Å². The number of oxazole rings is 1. The Labute approximate surface area is 112 Å².